The first-order chi connectivity index (χ1) is 8.33. The van der Waals surface area contributed by atoms with E-state index >= 15 is 0 Å². The Morgan fingerprint density at radius 2 is 2.24 bits per heavy atom. The average Bonchev–Trinajstić information content (AvgIpc) is 2.88. The van der Waals surface area contributed by atoms with E-state index < -0.39 is 0 Å². The third-order valence-electron chi connectivity index (χ3n) is 3.33. The number of rotatable bonds is 5. The summed E-state index contributed by atoms with van der Waals surface area (Å²) in [5.74, 6) is 0.497. The van der Waals surface area contributed by atoms with Crippen molar-refractivity contribution in [3.05, 3.63) is 42.5 Å². The van der Waals surface area contributed by atoms with Crippen LogP contribution < -0.4 is 0 Å². The van der Waals surface area contributed by atoms with Gasteiger partial charge in [0.1, 0.15) is 0 Å². The van der Waals surface area contributed by atoms with Crippen molar-refractivity contribution in [1.82, 2.24) is 14.3 Å². The van der Waals surface area contributed by atoms with Gasteiger partial charge < -0.3 is 9.67 Å². The Morgan fingerprint density at radius 1 is 1.35 bits per heavy atom. The Balaban J connectivity index is 1.60. The molecule has 17 heavy (non-hydrogen) atoms. The number of aliphatic hydroxyl groups excluding tert-OH is 1. The van der Waals surface area contributed by atoms with E-state index in [0.29, 0.717) is 5.92 Å². The first-order valence-corrected chi connectivity index (χ1v) is 6.14. The van der Waals surface area contributed by atoms with Crippen LogP contribution in [0.4, 0.5) is 0 Å². The lowest BCUT2D eigenvalue weighted by Crippen LogP contribution is -2.06. The summed E-state index contributed by atoms with van der Waals surface area (Å²) in [6.45, 7) is 1.75. The lowest BCUT2D eigenvalue weighted by atomic mass is 10.1. The molecule has 4 nitrogen and oxygen atoms in total. The maximum atomic E-state index is 9.99. The molecule has 3 rings (SSSR count). The van der Waals surface area contributed by atoms with E-state index in [4.69, 9.17) is 0 Å². The first kappa shape index (κ1) is 10.6. The van der Waals surface area contributed by atoms with Gasteiger partial charge in [-0.3, -0.25) is 4.68 Å². The highest BCUT2D eigenvalue weighted by atomic mass is 16.3. The van der Waals surface area contributed by atoms with Crippen LogP contribution in [-0.2, 0) is 13.1 Å². The minimum Gasteiger partial charge on any atom is -0.388 e. The molecule has 1 N–H and O–H groups in total. The molecule has 0 aromatic carbocycles. The summed E-state index contributed by atoms with van der Waals surface area (Å²) >= 11 is 0. The molecule has 1 unspecified atom stereocenters. The molecule has 4 heteroatoms. The zero-order valence-electron chi connectivity index (χ0n) is 9.74. The number of hydrogen-bond donors (Lipinski definition) is 1. The third-order valence-corrected chi connectivity index (χ3v) is 3.33. The topological polar surface area (TPSA) is 43.0 Å². The van der Waals surface area contributed by atoms with Gasteiger partial charge in [0, 0.05) is 31.3 Å². The lowest BCUT2D eigenvalue weighted by Gasteiger charge is -2.06. The van der Waals surface area contributed by atoms with Gasteiger partial charge in [-0.1, -0.05) is 0 Å². The molecule has 1 fully saturated rings. The van der Waals surface area contributed by atoms with Crippen molar-refractivity contribution < 1.29 is 5.11 Å². The van der Waals surface area contributed by atoms with Crippen LogP contribution in [0.1, 0.15) is 24.5 Å². The molecule has 1 atom stereocenters. The molecule has 0 radical (unpaired) electrons. The van der Waals surface area contributed by atoms with Crippen LogP contribution in [0.25, 0.3) is 0 Å². The van der Waals surface area contributed by atoms with Gasteiger partial charge in [0.2, 0.25) is 0 Å². The number of hydrogen-bond acceptors (Lipinski definition) is 2. The molecule has 0 aliphatic heterocycles. The van der Waals surface area contributed by atoms with Gasteiger partial charge in [0.05, 0.1) is 12.6 Å². The van der Waals surface area contributed by atoms with E-state index in [0.717, 1.165) is 18.7 Å². The zero-order valence-corrected chi connectivity index (χ0v) is 9.74. The molecule has 0 amide bonds. The fourth-order valence-electron chi connectivity index (χ4n) is 2.11. The highest BCUT2D eigenvalue weighted by molar-refractivity contribution is 5.16. The summed E-state index contributed by atoms with van der Waals surface area (Å²) in [6.07, 6.45) is 9.90. The van der Waals surface area contributed by atoms with Gasteiger partial charge in [-0.15, -0.1) is 0 Å². The second-order valence-electron chi connectivity index (χ2n) is 4.73. The fraction of sp³-hybridized carbons (Fsp3) is 0.462. The second kappa shape index (κ2) is 4.37. The smallest absolute Gasteiger partial charge is 0.0832 e. The van der Waals surface area contributed by atoms with Crippen molar-refractivity contribution in [2.24, 2.45) is 5.92 Å². The summed E-state index contributed by atoms with van der Waals surface area (Å²) in [5.41, 5.74) is 1.05. The van der Waals surface area contributed by atoms with Crippen molar-refractivity contribution in [2.75, 3.05) is 0 Å². The van der Waals surface area contributed by atoms with Crippen molar-refractivity contribution >= 4 is 0 Å². The number of aliphatic hydroxyl groups is 1. The monoisotopic (exact) mass is 231 g/mol. The van der Waals surface area contributed by atoms with Gasteiger partial charge >= 0.3 is 0 Å². The van der Waals surface area contributed by atoms with Crippen LogP contribution in [0.3, 0.4) is 0 Å². The van der Waals surface area contributed by atoms with Crippen LogP contribution in [-0.4, -0.2) is 19.5 Å². The highest BCUT2D eigenvalue weighted by Gasteiger charge is 2.31. The molecular weight excluding hydrogens is 214 g/mol. The summed E-state index contributed by atoms with van der Waals surface area (Å²) in [5, 5.41) is 14.2. The Bertz CT molecular complexity index is 471. The predicted octanol–water partition coefficient (Wildman–Crippen LogP) is 1.83. The Kier molecular flexibility index (Phi) is 2.73. The molecule has 0 spiro atoms. The molecule has 90 valence electrons. The normalized spacial score (nSPS) is 17.2. The molecule has 1 aliphatic carbocycles. The molecule has 0 bridgehead atoms. The van der Waals surface area contributed by atoms with Gasteiger partial charge in [0.15, 0.2) is 0 Å². The van der Waals surface area contributed by atoms with Crippen LogP contribution in [0.15, 0.2) is 36.9 Å². The maximum absolute atomic E-state index is 9.99. The third kappa shape index (κ3) is 2.42. The van der Waals surface area contributed by atoms with E-state index in [2.05, 4.69) is 9.67 Å². The quantitative estimate of drug-likeness (QED) is 0.853. The summed E-state index contributed by atoms with van der Waals surface area (Å²) in [7, 11) is 0. The number of nitrogens with zero attached hydrogens (tertiary/aromatic N) is 3. The summed E-state index contributed by atoms with van der Waals surface area (Å²) in [4.78, 5) is 0. The molecule has 1 saturated carbocycles. The van der Waals surface area contributed by atoms with Crippen LogP contribution in [0, 0.1) is 5.92 Å². The Labute approximate surface area is 100 Å². The van der Waals surface area contributed by atoms with Crippen LogP contribution in [0.2, 0.25) is 0 Å². The van der Waals surface area contributed by atoms with E-state index in [-0.39, 0.29) is 6.10 Å². The largest absolute Gasteiger partial charge is 0.388 e. The maximum Gasteiger partial charge on any atom is 0.0832 e. The molecule has 1 aliphatic rings. The predicted molar refractivity (Wildman–Crippen MR) is 64.3 cm³/mol. The number of aryl methyl sites for hydroxylation is 2. The fourth-order valence-corrected chi connectivity index (χ4v) is 2.11. The van der Waals surface area contributed by atoms with E-state index in [1.807, 2.05) is 35.4 Å². The minimum absolute atomic E-state index is 0.263. The van der Waals surface area contributed by atoms with Crippen molar-refractivity contribution in [3.63, 3.8) is 0 Å². The second-order valence-corrected chi connectivity index (χ2v) is 4.73. The van der Waals surface area contributed by atoms with E-state index in [1.54, 1.807) is 6.20 Å². The number of aromatic nitrogens is 3. The molecule has 2 aromatic heterocycles. The molecule has 2 heterocycles. The van der Waals surface area contributed by atoms with Crippen molar-refractivity contribution in [3.8, 4) is 0 Å². The van der Waals surface area contributed by atoms with Gasteiger partial charge in [-0.25, -0.2) is 0 Å². The molecule has 2 aromatic rings. The molecule has 0 saturated heterocycles. The van der Waals surface area contributed by atoms with Crippen LogP contribution >= 0.6 is 0 Å². The van der Waals surface area contributed by atoms with Gasteiger partial charge in [0.25, 0.3) is 0 Å². The standard InChI is InChI=1S/C13H17N3O/c17-13(11-2-3-11)12-4-7-15(10-12)8-9-16-6-1-5-14-16/h1,4-7,10-11,13,17H,2-3,8-9H2. The van der Waals surface area contributed by atoms with E-state index in [1.165, 1.54) is 12.8 Å². The average molecular weight is 231 g/mol. The Hall–Kier alpha value is -1.55. The lowest BCUT2D eigenvalue weighted by molar-refractivity contribution is 0.154. The van der Waals surface area contributed by atoms with Crippen molar-refractivity contribution in [1.29, 1.82) is 0 Å². The molecular formula is C13H17N3O. The van der Waals surface area contributed by atoms with Gasteiger partial charge in [-0.2, -0.15) is 5.10 Å². The zero-order chi connectivity index (χ0) is 11.7. The summed E-state index contributed by atoms with van der Waals surface area (Å²) in [6, 6.07) is 3.95. The minimum atomic E-state index is -0.263. The van der Waals surface area contributed by atoms with Crippen molar-refractivity contribution in [2.45, 2.75) is 32.0 Å². The SMILES string of the molecule is OC(c1ccn(CCn2cccn2)c1)C1CC1. The van der Waals surface area contributed by atoms with Gasteiger partial charge in [-0.05, 0) is 36.5 Å². The van der Waals surface area contributed by atoms with E-state index in [9.17, 15) is 5.11 Å². The first-order valence-electron chi connectivity index (χ1n) is 6.14. The highest BCUT2D eigenvalue weighted by Crippen LogP contribution is 2.40. The van der Waals surface area contributed by atoms with Crippen LogP contribution in [0.5, 0.6) is 0 Å². The Morgan fingerprint density at radius 3 is 2.94 bits per heavy atom. The summed E-state index contributed by atoms with van der Waals surface area (Å²) < 4.78 is 4.03.